The summed E-state index contributed by atoms with van der Waals surface area (Å²) in [5.41, 5.74) is 1.21. The number of ketones is 1. The van der Waals surface area contributed by atoms with Crippen LogP contribution in [0.15, 0.2) is 48.5 Å². The van der Waals surface area contributed by atoms with Gasteiger partial charge in [-0.25, -0.2) is 0 Å². The van der Waals surface area contributed by atoms with Crippen molar-refractivity contribution < 1.29 is 23.9 Å². The van der Waals surface area contributed by atoms with Crippen LogP contribution in [0.1, 0.15) is 23.7 Å². The molecule has 0 spiro atoms. The van der Waals surface area contributed by atoms with Crippen molar-refractivity contribution in [3.8, 4) is 11.5 Å². The highest BCUT2D eigenvalue weighted by Crippen LogP contribution is 2.33. The molecule has 1 aliphatic rings. The first kappa shape index (κ1) is 19.4. The maximum Gasteiger partial charge on any atom is 0.265 e. The third-order valence-electron chi connectivity index (χ3n) is 4.47. The van der Waals surface area contributed by atoms with E-state index in [9.17, 15) is 14.4 Å². The topological polar surface area (TPSA) is 84.9 Å². The first-order valence-corrected chi connectivity index (χ1v) is 9.07. The minimum Gasteiger partial charge on any atom is -0.484 e. The molecule has 1 atom stereocenters. The summed E-state index contributed by atoms with van der Waals surface area (Å²) in [5, 5.41) is 2.54. The number of Topliss-reactive ketones (excluding diaryl/α,β-unsaturated/α-hetero) is 1. The van der Waals surface area contributed by atoms with Gasteiger partial charge >= 0.3 is 0 Å². The number of amides is 2. The lowest BCUT2D eigenvalue weighted by molar-refractivity contribution is -0.128. The van der Waals surface area contributed by atoms with Crippen LogP contribution >= 0.6 is 0 Å². The van der Waals surface area contributed by atoms with E-state index in [1.165, 1.54) is 11.9 Å². The van der Waals surface area contributed by atoms with Gasteiger partial charge in [0.2, 0.25) is 0 Å². The van der Waals surface area contributed by atoms with E-state index in [4.69, 9.17) is 9.47 Å². The number of para-hydroxylation sites is 2. The van der Waals surface area contributed by atoms with E-state index in [0.717, 1.165) is 0 Å². The maximum atomic E-state index is 12.8. The van der Waals surface area contributed by atoms with Gasteiger partial charge in [0.25, 0.3) is 11.8 Å². The van der Waals surface area contributed by atoms with E-state index in [1.54, 1.807) is 55.5 Å². The van der Waals surface area contributed by atoms with Gasteiger partial charge < -0.3 is 19.7 Å². The fourth-order valence-electron chi connectivity index (χ4n) is 2.93. The zero-order valence-electron chi connectivity index (χ0n) is 15.8. The number of fused-ring (bicyclic) bond motifs is 1. The Labute approximate surface area is 163 Å². The number of likely N-dealkylation sites (N-methyl/N-ethyl adjacent to an activating group) is 1. The minimum absolute atomic E-state index is 0.0489. The fraction of sp³-hybridized carbons (Fsp3) is 0.286. The molecule has 2 aromatic carbocycles. The molecule has 1 N–H and O–H groups in total. The molecule has 146 valence electrons. The third kappa shape index (κ3) is 4.14. The number of hydrogen-bond donors (Lipinski definition) is 1. The van der Waals surface area contributed by atoms with Gasteiger partial charge in [0.05, 0.1) is 12.2 Å². The molecule has 0 bridgehead atoms. The number of carbonyl (C=O) groups excluding carboxylic acids is 3. The van der Waals surface area contributed by atoms with Crippen molar-refractivity contribution in [1.82, 2.24) is 5.32 Å². The van der Waals surface area contributed by atoms with Crippen molar-refractivity contribution in [2.45, 2.75) is 19.4 Å². The lowest BCUT2D eigenvalue weighted by Gasteiger charge is -2.33. The molecule has 0 radical (unpaired) electrons. The quantitative estimate of drug-likeness (QED) is 0.775. The molecule has 0 saturated carbocycles. The van der Waals surface area contributed by atoms with Crippen molar-refractivity contribution in [2.24, 2.45) is 0 Å². The Hall–Kier alpha value is -3.35. The van der Waals surface area contributed by atoms with Gasteiger partial charge in [0.1, 0.15) is 11.5 Å². The van der Waals surface area contributed by atoms with Crippen molar-refractivity contribution in [3.05, 3.63) is 54.1 Å². The Morgan fingerprint density at radius 3 is 2.54 bits per heavy atom. The average molecular weight is 382 g/mol. The van der Waals surface area contributed by atoms with Crippen molar-refractivity contribution in [3.63, 3.8) is 0 Å². The molecule has 1 heterocycles. The van der Waals surface area contributed by atoms with Gasteiger partial charge in [-0.3, -0.25) is 14.4 Å². The second-order valence-corrected chi connectivity index (χ2v) is 6.28. The van der Waals surface area contributed by atoms with Gasteiger partial charge in [-0.1, -0.05) is 19.1 Å². The van der Waals surface area contributed by atoms with Crippen molar-refractivity contribution in [2.75, 3.05) is 25.1 Å². The first-order valence-electron chi connectivity index (χ1n) is 9.07. The van der Waals surface area contributed by atoms with Gasteiger partial charge in [-0.2, -0.15) is 0 Å². The van der Waals surface area contributed by atoms with E-state index in [1.807, 2.05) is 0 Å². The van der Waals surface area contributed by atoms with Crippen LogP contribution in [0.5, 0.6) is 11.5 Å². The molecule has 3 rings (SSSR count). The molecule has 0 aliphatic carbocycles. The second kappa shape index (κ2) is 8.56. The molecule has 2 amide bonds. The van der Waals surface area contributed by atoms with Gasteiger partial charge in [-0.05, 0) is 36.4 Å². The highest BCUT2D eigenvalue weighted by atomic mass is 16.5. The lowest BCUT2D eigenvalue weighted by Crippen LogP contribution is -2.51. The van der Waals surface area contributed by atoms with Crippen molar-refractivity contribution in [1.29, 1.82) is 0 Å². The predicted molar refractivity (Wildman–Crippen MR) is 104 cm³/mol. The van der Waals surface area contributed by atoms with Crippen LogP contribution in [0.3, 0.4) is 0 Å². The van der Waals surface area contributed by atoms with Crippen LogP contribution in [0.2, 0.25) is 0 Å². The van der Waals surface area contributed by atoms with Crippen LogP contribution in [-0.2, 0) is 9.59 Å². The molecular formula is C21H22N2O5. The SMILES string of the molecule is CCC(=O)c1ccc(OCC(=O)N2CC(C(=O)NC)Oc3ccccc32)cc1. The molecule has 28 heavy (non-hydrogen) atoms. The summed E-state index contributed by atoms with van der Waals surface area (Å²) in [5.74, 6) is 0.416. The summed E-state index contributed by atoms with van der Waals surface area (Å²) in [4.78, 5) is 37.9. The van der Waals surface area contributed by atoms with Crippen LogP contribution in [0.4, 0.5) is 5.69 Å². The zero-order valence-corrected chi connectivity index (χ0v) is 15.8. The second-order valence-electron chi connectivity index (χ2n) is 6.28. The number of benzene rings is 2. The normalized spacial score (nSPS) is 15.2. The molecule has 1 aliphatic heterocycles. The van der Waals surface area contributed by atoms with E-state index >= 15 is 0 Å². The molecule has 7 nitrogen and oxygen atoms in total. The van der Waals surface area contributed by atoms with E-state index in [0.29, 0.717) is 29.2 Å². The van der Waals surface area contributed by atoms with Crippen LogP contribution in [0.25, 0.3) is 0 Å². The number of nitrogens with zero attached hydrogens (tertiary/aromatic N) is 1. The van der Waals surface area contributed by atoms with Crippen LogP contribution in [-0.4, -0.2) is 43.9 Å². The largest absolute Gasteiger partial charge is 0.484 e. The van der Waals surface area contributed by atoms with Crippen LogP contribution < -0.4 is 19.7 Å². The fourth-order valence-corrected chi connectivity index (χ4v) is 2.93. The summed E-state index contributed by atoms with van der Waals surface area (Å²) in [6.07, 6.45) is -0.357. The van der Waals surface area contributed by atoms with Crippen LogP contribution in [0, 0.1) is 0 Å². The Balaban J connectivity index is 1.70. The summed E-state index contributed by atoms with van der Waals surface area (Å²) in [6.45, 7) is 1.70. The monoisotopic (exact) mass is 382 g/mol. The minimum atomic E-state index is -0.789. The molecule has 0 aromatic heterocycles. The lowest BCUT2D eigenvalue weighted by atomic mass is 10.1. The maximum absolute atomic E-state index is 12.8. The average Bonchev–Trinajstić information content (AvgIpc) is 2.75. The Kier molecular flexibility index (Phi) is 5.93. The molecule has 2 aromatic rings. The molecule has 0 saturated heterocycles. The summed E-state index contributed by atoms with van der Waals surface area (Å²) >= 11 is 0. The number of carbonyl (C=O) groups is 3. The molecular weight excluding hydrogens is 360 g/mol. The molecule has 7 heteroatoms. The standard InChI is InChI=1S/C21H22N2O5/c1-3-17(24)14-8-10-15(11-9-14)27-13-20(25)23-12-19(21(26)22-2)28-18-7-5-4-6-16(18)23/h4-11,19H,3,12-13H2,1-2H3,(H,22,26). The third-order valence-corrected chi connectivity index (χ3v) is 4.47. The van der Waals surface area contributed by atoms with E-state index < -0.39 is 6.10 Å². The predicted octanol–water partition coefficient (Wildman–Crippen LogP) is 2.20. The number of nitrogens with one attached hydrogen (secondary N) is 1. The summed E-state index contributed by atoms with van der Waals surface area (Å²) < 4.78 is 11.3. The van der Waals surface area contributed by atoms with E-state index in [-0.39, 0.29) is 30.7 Å². The molecule has 1 unspecified atom stereocenters. The van der Waals surface area contributed by atoms with Gasteiger partial charge in [0, 0.05) is 19.0 Å². The summed E-state index contributed by atoms with van der Waals surface area (Å²) in [6, 6.07) is 13.7. The number of anilines is 1. The number of rotatable bonds is 6. The van der Waals surface area contributed by atoms with E-state index in [2.05, 4.69) is 5.32 Å². The van der Waals surface area contributed by atoms with Gasteiger partial charge in [-0.15, -0.1) is 0 Å². The summed E-state index contributed by atoms with van der Waals surface area (Å²) in [7, 11) is 1.52. The first-order chi connectivity index (χ1) is 13.5. The highest BCUT2D eigenvalue weighted by molar-refractivity contribution is 5.98. The number of ether oxygens (including phenoxy) is 2. The highest BCUT2D eigenvalue weighted by Gasteiger charge is 2.33. The Morgan fingerprint density at radius 2 is 1.86 bits per heavy atom. The van der Waals surface area contributed by atoms with Crippen molar-refractivity contribution >= 4 is 23.3 Å². The Bertz CT molecular complexity index is 879. The molecule has 0 fully saturated rings. The zero-order chi connectivity index (χ0) is 20.1. The number of hydrogen-bond acceptors (Lipinski definition) is 5. The Morgan fingerprint density at radius 1 is 1.14 bits per heavy atom. The smallest absolute Gasteiger partial charge is 0.265 e. The van der Waals surface area contributed by atoms with Gasteiger partial charge in [0.15, 0.2) is 18.5 Å².